The van der Waals surface area contributed by atoms with Gasteiger partial charge in [0.15, 0.2) is 0 Å². The minimum atomic E-state index is -3.49. The zero-order valence-corrected chi connectivity index (χ0v) is 13.0. The van der Waals surface area contributed by atoms with E-state index in [-0.39, 0.29) is 11.5 Å². The van der Waals surface area contributed by atoms with Crippen molar-refractivity contribution in [3.8, 4) is 0 Å². The lowest BCUT2D eigenvalue weighted by molar-refractivity contribution is 0.281. The molecule has 1 aliphatic rings. The van der Waals surface area contributed by atoms with Crippen molar-refractivity contribution in [2.75, 3.05) is 6.54 Å². The van der Waals surface area contributed by atoms with Crippen molar-refractivity contribution < 1.29 is 13.5 Å². The standard InChI is InChI=1S/C15H23NO3S/c1-11-8-14(10-17)9-15(12(11)2)20(18,19)16-7-6-13-4-3-5-13/h8-9,13,16-17H,3-7,10H2,1-2H3. The molecular formula is C15H23NO3S. The van der Waals surface area contributed by atoms with Gasteiger partial charge in [-0.1, -0.05) is 25.3 Å². The van der Waals surface area contributed by atoms with Gasteiger partial charge in [-0.15, -0.1) is 0 Å². The highest BCUT2D eigenvalue weighted by atomic mass is 32.2. The molecule has 1 aliphatic carbocycles. The Labute approximate surface area is 121 Å². The Kier molecular flexibility index (Phi) is 4.83. The molecule has 0 amide bonds. The molecule has 0 aliphatic heterocycles. The molecule has 0 radical (unpaired) electrons. The van der Waals surface area contributed by atoms with E-state index in [0.717, 1.165) is 17.5 Å². The Bertz CT molecular complexity index is 577. The summed E-state index contributed by atoms with van der Waals surface area (Å²) in [6, 6.07) is 3.39. The topological polar surface area (TPSA) is 66.4 Å². The molecule has 4 nitrogen and oxygen atoms in total. The highest BCUT2D eigenvalue weighted by Crippen LogP contribution is 2.29. The van der Waals surface area contributed by atoms with Gasteiger partial charge in [-0.3, -0.25) is 0 Å². The lowest BCUT2D eigenvalue weighted by Crippen LogP contribution is -2.28. The van der Waals surface area contributed by atoms with Gasteiger partial charge in [-0.2, -0.15) is 0 Å². The van der Waals surface area contributed by atoms with Crippen LogP contribution in [0, 0.1) is 19.8 Å². The number of sulfonamides is 1. The van der Waals surface area contributed by atoms with Crippen LogP contribution in [-0.2, 0) is 16.6 Å². The van der Waals surface area contributed by atoms with Crippen LogP contribution >= 0.6 is 0 Å². The SMILES string of the molecule is Cc1cc(CO)cc(S(=O)(=O)NCCC2CCC2)c1C. The van der Waals surface area contributed by atoms with Crippen LogP contribution in [0.5, 0.6) is 0 Å². The summed E-state index contributed by atoms with van der Waals surface area (Å²) in [5.74, 6) is 0.685. The fourth-order valence-corrected chi connectivity index (χ4v) is 3.94. The van der Waals surface area contributed by atoms with E-state index in [4.69, 9.17) is 0 Å². The summed E-state index contributed by atoms with van der Waals surface area (Å²) in [7, 11) is -3.49. The van der Waals surface area contributed by atoms with Gasteiger partial charge in [-0.25, -0.2) is 13.1 Å². The van der Waals surface area contributed by atoms with E-state index in [0.29, 0.717) is 18.0 Å². The van der Waals surface area contributed by atoms with E-state index in [1.165, 1.54) is 19.3 Å². The molecule has 5 heteroatoms. The van der Waals surface area contributed by atoms with Gasteiger partial charge in [-0.05, 0) is 48.9 Å². The van der Waals surface area contributed by atoms with E-state index in [1.807, 2.05) is 13.0 Å². The van der Waals surface area contributed by atoms with Gasteiger partial charge in [0.1, 0.15) is 0 Å². The second-order valence-electron chi connectivity index (χ2n) is 5.68. The van der Waals surface area contributed by atoms with Crippen molar-refractivity contribution >= 4 is 10.0 Å². The summed E-state index contributed by atoms with van der Waals surface area (Å²) in [5, 5.41) is 9.22. The number of hydrogen-bond acceptors (Lipinski definition) is 3. The maximum Gasteiger partial charge on any atom is 0.240 e. The minimum absolute atomic E-state index is 0.147. The largest absolute Gasteiger partial charge is 0.392 e. The minimum Gasteiger partial charge on any atom is -0.392 e. The number of benzene rings is 1. The first-order valence-corrected chi connectivity index (χ1v) is 8.63. The number of hydrogen-bond donors (Lipinski definition) is 2. The Morgan fingerprint density at radius 2 is 2.00 bits per heavy atom. The molecule has 0 aromatic heterocycles. The lowest BCUT2D eigenvalue weighted by Gasteiger charge is -2.25. The lowest BCUT2D eigenvalue weighted by atomic mass is 9.83. The van der Waals surface area contributed by atoms with Crippen LogP contribution in [0.25, 0.3) is 0 Å². The van der Waals surface area contributed by atoms with Gasteiger partial charge in [0.25, 0.3) is 0 Å². The third-order valence-electron chi connectivity index (χ3n) is 4.22. The predicted octanol–water partition coefficient (Wildman–Crippen LogP) is 2.26. The normalized spacial score (nSPS) is 16.1. The van der Waals surface area contributed by atoms with Crippen LogP contribution in [0.15, 0.2) is 17.0 Å². The first kappa shape index (κ1) is 15.5. The Balaban J connectivity index is 2.13. The second kappa shape index (κ2) is 6.24. The van der Waals surface area contributed by atoms with Gasteiger partial charge in [0.2, 0.25) is 10.0 Å². The number of aliphatic hydroxyl groups is 1. The van der Waals surface area contributed by atoms with Crippen molar-refractivity contribution in [2.24, 2.45) is 5.92 Å². The van der Waals surface area contributed by atoms with Crippen LogP contribution in [0.3, 0.4) is 0 Å². The molecule has 0 spiro atoms. The number of aliphatic hydroxyl groups excluding tert-OH is 1. The molecule has 0 heterocycles. The first-order chi connectivity index (χ1) is 9.44. The van der Waals surface area contributed by atoms with Crippen molar-refractivity contribution in [2.45, 2.75) is 51.0 Å². The van der Waals surface area contributed by atoms with Gasteiger partial charge < -0.3 is 5.11 Å². The molecule has 2 N–H and O–H groups in total. The fourth-order valence-electron chi connectivity index (χ4n) is 2.53. The van der Waals surface area contributed by atoms with Crippen molar-refractivity contribution in [1.29, 1.82) is 0 Å². The Morgan fingerprint density at radius 1 is 1.30 bits per heavy atom. The van der Waals surface area contributed by atoms with E-state index in [2.05, 4.69) is 4.72 Å². The zero-order valence-electron chi connectivity index (χ0n) is 12.1. The highest BCUT2D eigenvalue weighted by molar-refractivity contribution is 7.89. The molecule has 2 rings (SSSR count). The van der Waals surface area contributed by atoms with E-state index in [9.17, 15) is 13.5 Å². The molecule has 1 fully saturated rings. The molecule has 0 bridgehead atoms. The van der Waals surface area contributed by atoms with Crippen LogP contribution in [-0.4, -0.2) is 20.1 Å². The quantitative estimate of drug-likeness (QED) is 0.846. The molecule has 1 aromatic rings. The summed E-state index contributed by atoms with van der Waals surface area (Å²) < 4.78 is 27.4. The molecule has 112 valence electrons. The fraction of sp³-hybridized carbons (Fsp3) is 0.600. The van der Waals surface area contributed by atoms with Crippen LogP contribution in [0.1, 0.15) is 42.4 Å². The average Bonchev–Trinajstić information content (AvgIpc) is 2.35. The average molecular weight is 297 g/mol. The van der Waals surface area contributed by atoms with E-state index < -0.39 is 10.0 Å². The van der Waals surface area contributed by atoms with Crippen LogP contribution in [0.4, 0.5) is 0 Å². The summed E-state index contributed by atoms with van der Waals surface area (Å²) in [6.45, 7) is 4.01. The summed E-state index contributed by atoms with van der Waals surface area (Å²) in [6.07, 6.45) is 4.63. The summed E-state index contributed by atoms with van der Waals surface area (Å²) in [4.78, 5) is 0.287. The first-order valence-electron chi connectivity index (χ1n) is 7.14. The third-order valence-corrected chi connectivity index (χ3v) is 5.81. The third kappa shape index (κ3) is 3.40. The second-order valence-corrected chi connectivity index (χ2v) is 7.41. The number of nitrogens with one attached hydrogen (secondary N) is 1. The van der Waals surface area contributed by atoms with Gasteiger partial charge in [0, 0.05) is 6.54 Å². The molecule has 0 saturated heterocycles. The maximum absolute atomic E-state index is 12.4. The Morgan fingerprint density at radius 3 is 2.55 bits per heavy atom. The van der Waals surface area contributed by atoms with Crippen molar-refractivity contribution in [1.82, 2.24) is 4.72 Å². The van der Waals surface area contributed by atoms with Crippen molar-refractivity contribution in [3.05, 3.63) is 28.8 Å². The number of rotatable bonds is 6. The smallest absolute Gasteiger partial charge is 0.240 e. The Hall–Kier alpha value is -0.910. The zero-order chi connectivity index (χ0) is 14.8. The maximum atomic E-state index is 12.4. The monoisotopic (exact) mass is 297 g/mol. The van der Waals surface area contributed by atoms with Gasteiger partial charge in [0.05, 0.1) is 11.5 Å². The predicted molar refractivity (Wildman–Crippen MR) is 79.0 cm³/mol. The highest BCUT2D eigenvalue weighted by Gasteiger charge is 2.21. The molecule has 20 heavy (non-hydrogen) atoms. The van der Waals surface area contributed by atoms with Gasteiger partial charge >= 0.3 is 0 Å². The van der Waals surface area contributed by atoms with E-state index in [1.54, 1.807) is 13.0 Å². The number of aryl methyl sites for hydroxylation is 1. The molecular weight excluding hydrogens is 274 g/mol. The molecule has 1 aromatic carbocycles. The molecule has 0 unspecified atom stereocenters. The molecule has 1 saturated carbocycles. The van der Waals surface area contributed by atoms with Crippen LogP contribution < -0.4 is 4.72 Å². The van der Waals surface area contributed by atoms with Crippen molar-refractivity contribution in [3.63, 3.8) is 0 Å². The summed E-state index contributed by atoms with van der Waals surface area (Å²) in [5.41, 5.74) is 2.27. The van der Waals surface area contributed by atoms with Crippen LogP contribution in [0.2, 0.25) is 0 Å². The summed E-state index contributed by atoms with van der Waals surface area (Å²) >= 11 is 0. The van der Waals surface area contributed by atoms with E-state index >= 15 is 0 Å². The molecule has 0 atom stereocenters.